The number of likely N-dealkylation sites (tertiary alicyclic amines) is 1. The lowest BCUT2D eigenvalue weighted by Gasteiger charge is -2.20. The summed E-state index contributed by atoms with van der Waals surface area (Å²) in [4.78, 5) is 29.9. The number of fused-ring (bicyclic) bond motifs is 1. The first-order valence-corrected chi connectivity index (χ1v) is 6.90. The van der Waals surface area contributed by atoms with Crippen LogP contribution in [0.1, 0.15) is 30.3 Å². The predicted molar refractivity (Wildman–Crippen MR) is 73.2 cm³/mol. The van der Waals surface area contributed by atoms with E-state index >= 15 is 0 Å². The lowest BCUT2D eigenvalue weighted by molar-refractivity contribution is -0.126. The normalized spacial score (nSPS) is 25.1. The molecule has 2 aliphatic heterocycles. The van der Waals surface area contributed by atoms with Gasteiger partial charge in [0.05, 0.1) is 5.41 Å². The molecule has 0 bridgehead atoms. The minimum absolute atomic E-state index is 0.126. The molecule has 1 atom stereocenters. The molecule has 0 aliphatic carbocycles. The summed E-state index contributed by atoms with van der Waals surface area (Å²) in [5.74, 6) is 0.272. The smallest absolute Gasteiger partial charge is 0.274 e. The number of amides is 2. The highest BCUT2D eigenvalue weighted by molar-refractivity contribution is 5.94. The summed E-state index contributed by atoms with van der Waals surface area (Å²) in [6.45, 7) is 4.49. The highest BCUT2D eigenvalue weighted by atomic mass is 16.2. The van der Waals surface area contributed by atoms with Crippen molar-refractivity contribution in [2.75, 3.05) is 25.0 Å². The van der Waals surface area contributed by atoms with Crippen LogP contribution >= 0.6 is 0 Å². The molecule has 0 radical (unpaired) electrons. The molecule has 0 spiro atoms. The van der Waals surface area contributed by atoms with Crippen LogP contribution in [0.5, 0.6) is 0 Å². The predicted octanol–water partition coefficient (Wildman–Crippen LogP) is 0.0362. The van der Waals surface area contributed by atoms with Crippen LogP contribution in [0.4, 0.5) is 5.95 Å². The van der Waals surface area contributed by atoms with Crippen molar-refractivity contribution in [1.29, 1.82) is 0 Å². The van der Waals surface area contributed by atoms with Crippen LogP contribution in [0.25, 0.3) is 0 Å². The van der Waals surface area contributed by atoms with E-state index in [0.717, 1.165) is 25.5 Å². The van der Waals surface area contributed by atoms with E-state index in [0.29, 0.717) is 25.2 Å². The molecule has 7 heteroatoms. The highest BCUT2D eigenvalue weighted by Crippen LogP contribution is 2.30. The summed E-state index contributed by atoms with van der Waals surface area (Å²) >= 11 is 0. The molecule has 108 valence electrons. The number of hydrogen-bond donors (Lipinski definition) is 2. The second-order valence-electron chi connectivity index (χ2n) is 5.83. The Balaban J connectivity index is 1.77. The first-order chi connectivity index (χ1) is 9.49. The Morgan fingerprint density at radius 3 is 2.90 bits per heavy atom. The van der Waals surface area contributed by atoms with Gasteiger partial charge in [-0.15, -0.1) is 0 Å². The van der Waals surface area contributed by atoms with Crippen molar-refractivity contribution in [3.8, 4) is 0 Å². The highest BCUT2D eigenvalue weighted by Gasteiger charge is 2.41. The summed E-state index contributed by atoms with van der Waals surface area (Å²) in [7, 11) is 0. The van der Waals surface area contributed by atoms with Crippen LogP contribution in [0, 0.1) is 5.41 Å². The van der Waals surface area contributed by atoms with Gasteiger partial charge in [-0.1, -0.05) is 0 Å². The molecule has 3 heterocycles. The Bertz CT molecular complexity index is 544. The third-order valence-electron chi connectivity index (χ3n) is 4.21. The second-order valence-corrected chi connectivity index (χ2v) is 5.83. The molecule has 2 amide bonds. The number of nitrogens with one attached hydrogen (secondary N) is 1. The summed E-state index contributed by atoms with van der Waals surface area (Å²) in [5.41, 5.74) is 5.22. The summed E-state index contributed by atoms with van der Waals surface area (Å²) in [5, 5.41) is 3.17. The van der Waals surface area contributed by atoms with E-state index in [1.807, 2.05) is 11.5 Å². The van der Waals surface area contributed by atoms with Crippen molar-refractivity contribution < 1.29 is 9.59 Å². The maximum absolute atomic E-state index is 12.4. The van der Waals surface area contributed by atoms with E-state index < -0.39 is 5.41 Å². The average Bonchev–Trinajstić information content (AvgIpc) is 3.02. The fourth-order valence-corrected chi connectivity index (χ4v) is 2.78. The molecule has 1 fully saturated rings. The minimum atomic E-state index is -0.618. The Morgan fingerprint density at radius 2 is 2.25 bits per heavy atom. The van der Waals surface area contributed by atoms with Crippen molar-refractivity contribution in [2.45, 2.75) is 26.3 Å². The van der Waals surface area contributed by atoms with E-state index in [2.05, 4.69) is 10.3 Å². The number of aryl methyl sites for hydroxylation is 1. The van der Waals surface area contributed by atoms with E-state index in [4.69, 9.17) is 5.73 Å². The third kappa shape index (κ3) is 2.03. The molecule has 1 aromatic rings. The first-order valence-electron chi connectivity index (χ1n) is 6.90. The maximum Gasteiger partial charge on any atom is 0.274 e. The molecule has 1 saturated heterocycles. The molecule has 0 aromatic carbocycles. The van der Waals surface area contributed by atoms with Crippen molar-refractivity contribution in [3.63, 3.8) is 0 Å². The number of nitrogens with two attached hydrogens (primary N) is 1. The van der Waals surface area contributed by atoms with Gasteiger partial charge in [-0.25, -0.2) is 4.98 Å². The zero-order valence-corrected chi connectivity index (χ0v) is 11.6. The van der Waals surface area contributed by atoms with Gasteiger partial charge in [-0.05, 0) is 19.8 Å². The fraction of sp³-hybridized carbons (Fsp3) is 0.615. The zero-order chi connectivity index (χ0) is 14.3. The standard InChI is InChI=1S/C13H19N5O2/c1-13(11(14)20)3-6-18(8-13)10(19)9-7-17-5-2-4-15-12(17)16-9/h7H,2-6,8H2,1H3,(H2,14,20)(H,15,16). The number of imidazole rings is 1. The Kier molecular flexibility index (Phi) is 2.92. The van der Waals surface area contributed by atoms with Gasteiger partial charge in [0.1, 0.15) is 5.69 Å². The molecule has 3 rings (SSSR count). The Morgan fingerprint density at radius 1 is 1.45 bits per heavy atom. The number of primary amides is 1. The van der Waals surface area contributed by atoms with Gasteiger partial charge >= 0.3 is 0 Å². The van der Waals surface area contributed by atoms with E-state index in [-0.39, 0.29) is 11.8 Å². The van der Waals surface area contributed by atoms with E-state index in [1.54, 1.807) is 11.1 Å². The van der Waals surface area contributed by atoms with Gasteiger partial charge in [-0.2, -0.15) is 0 Å². The SMILES string of the molecule is CC1(C(N)=O)CCN(C(=O)c2cn3c(n2)NCCC3)C1. The number of carbonyl (C=O) groups excluding carboxylic acids is 2. The van der Waals surface area contributed by atoms with Gasteiger partial charge in [0, 0.05) is 32.4 Å². The topological polar surface area (TPSA) is 93.3 Å². The molecule has 1 aromatic heterocycles. The molecule has 20 heavy (non-hydrogen) atoms. The minimum Gasteiger partial charge on any atom is -0.369 e. The maximum atomic E-state index is 12.4. The molecule has 7 nitrogen and oxygen atoms in total. The van der Waals surface area contributed by atoms with Crippen LogP contribution in [0.2, 0.25) is 0 Å². The number of carbonyl (C=O) groups is 2. The number of nitrogens with zero attached hydrogens (tertiary/aromatic N) is 3. The van der Waals surface area contributed by atoms with Crippen molar-refractivity contribution in [1.82, 2.24) is 14.5 Å². The van der Waals surface area contributed by atoms with Crippen molar-refractivity contribution in [2.24, 2.45) is 11.1 Å². The van der Waals surface area contributed by atoms with E-state index in [9.17, 15) is 9.59 Å². The van der Waals surface area contributed by atoms with Gasteiger partial charge in [0.15, 0.2) is 0 Å². The van der Waals surface area contributed by atoms with Gasteiger partial charge < -0.3 is 20.5 Å². The fourth-order valence-electron chi connectivity index (χ4n) is 2.78. The summed E-state index contributed by atoms with van der Waals surface area (Å²) in [6, 6.07) is 0. The Hall–Kier alpha value is -2.05. The quantitative estimate of drug-likeness (QED) is 0.798. The molecular weight excluding hydrogens is 258 g/mol. The van der Waals surface area contributed by atoms with E-state index in [1.165, 1.54) is 0 Å². The molecule has 3 N–H and O–H groups in total. The molecule has 1 unspecified atom stereocenters. The lowest BCUT2D eigenvalue weighted by atomic mass is 9.89. The van der Waals surface area contributed by atoms with Crippen LogP contribution in [-0.2, 0) is 11.3 Å². The summed E-state index contributed by atoms with van der Waals surface area (Å²) < 4.78 is 1.96. The average molecular weight is 277 g/mol. The number of aromatic nitrogens is 2. The number of rotatable bonds is 2. The largest absolute Gasteiger partial charge is 0.369 e. The molecule has 0 saturated carbocycles. The Labute approximate surface area is 117 Å². The van der Waals surface area contributed by atoms with Crippen molar-refractivity contribution in [3.05, 3.63) is 11.9 Å². The zero-order valence-electron chi connectivity index (χ0n) is 11.6. The second kappa shape index (κ2) is 4.50. The molecular formula is C13H19N5O2. The van der Waals surface area contributed by atoms with Gasteiger partial charge in [0.2, 0.25) is 11.9 Å². The monoisotopic (exact) mass is 277 g/mol. The lowest BCUT2D eigenvalue weighted by Crippen LogP contribution is -2.38. The van der Waals surface area contributed by atoms with Gasteiger partial charge in [0.25, 0.3) is 5.91 Å². The van der Waals surface area contributed by atoms with Crippen molar-refractivity contribution >= 4 is 17.8 Å². The molecule has 2 aliphatic rings. The van der Waals surface area contributed by atoms with Crippen LogP contribution in [-0.4, -0.2) is 45.9 Å². The van der Waals surface area contributed by atoms with Crippen LogP contribution < -0.4 is 11.1 Å². The summed E-state index contributed by atoms with van der Waals surface area (Å²) in [6.07, 6.45) is 3.42. The number of hydrogen-bond acceptors (Lipinski definition) is 4. The van der Waals surface area contributed by atoms with Crippen LogP contribution in [0.15, 0.2) is 6.20 Å². The van der Waals surface area contributed by atoms with Crippen LogP contribution in [0.3, 0.4) is 0 Å². The van der Waals surface area contributed by atoms with Gasteiger partial charge in [-0.3, -0.25) is 9.59 Å². The number of anilines is 1. The third-order valence-corrected chi connectivity index (χ3v) is 4.21. The first kappa shape index (κ1) is 13.0.